The molecule has 1 aromatic heterocycles. The minimum Gasteiger partial charge on any atom is -0.404 e. The van der Waals surface area contributed by atoms with Crippen molar-refractivity contribution in [3.63, 3.8) is 0 Å². The highest BCUT2D eigenvalue weighted by Crippen LogP contribution is 2.22. The van der Waals surface area contributed by atoms with Gasteiger partial charge in [0.05, 0.1) is 6.20 Å². The summed E-state index contributed by atoms with van der Waals surface area (Å²) >= 11 is 0. The lowest BCUT2D eigenvalue weighted by atomic mass is 10.2. The van der Waals surface area contributed by atoms with Crippen molar-refractivity contribution in [2.75, 3.05) is 24.3 Å². The largest absolute Gasteiger partial charge is 0.573 e. The van der Waals surface area contributed by atoms with Crippen LogP contribution in [0.25, 0.3) is 0 Å². The van der Waals surface area contributed by atoms with Crippen molar-refractivity contribution in [3.05, 3.63) is 48.2 Å². The molecule has 0 spiro atoms. The maximum Gasteiger partial charge on any atom is 0.573 e. The normalized spacial score (nSPS) is 11.1. The zero-order valence-electron chi connectivity index (χ0n) is 12.2. The van der Waals surface area contributed by atoms with Crippen LogP contribution in [0.4, 0.5) is 24.7 Å². The SMILES string of the molecule is CN(C)c1ccc(CNc2ccc(OC(F)(F)F)cn2)cc1. The van der Waals surface area contributed by atoms with E-state index in [0.29, 0.717) is 12.4 Å². The molecular formula is C15H16F3N3O. The Morgan fingerprint density at radius 2 is 1.77 bits per heavy atom. The predicted octanol–water partition coefficient (Wildman–Crippen LogP) is 3.66. The number of hydrogen-bond acceptors (Lipinski definition) is 4. The Hall–Kier alpha value is -2.44. The highest BCUT2D eigenvalue weighted by atomic mass is 19.4. The topological polar surface area (TPSA) is 37.4 Å². The number of halogens is 3. The molecule has 0 aliphatic rings. The second-order valence-corrected chi connectivity index (χ2v) is 4.84. The Morgan fingerprint density at radius 1 is 1.09 bits per heavy atom. The van der Waals surface area contributed by atoms with Gasteiger partial charge in [-0.1, -0.05) is 12.1 Å². The van der Waals surface area contributed by atoms with Crippen molar-refractivity contribution >= 4 is 11.5 Å². The number of anilines is 2. The maximum atomic E-state index is 12.0. The molecule has 0 bridgehead atoms. The number of benzene rings is 1. The molecular weight excluding hydrogens is 295 g/mol. The molecule has 0 aliphatic heterocycles. The molecule has 118 valence electrons. The first-order chi connectivity index (χ1) is 10.3. The number of nitrogens with zero attached hydrogens (tertiary/aromatic N) is 2. The van der Waals surface area contributed by atoms with Gasteiger partial charge in [-0.15, -0.1) is 13.2 Å². The lowest BCUT2D eigenvalue weighted by Crippen LogP contribution is -2.17. The number of pyridine rings is 1. The first-order valence-electron chi connectivity index (χ1n) is 6.55. The Labute approximate surface area is 126 Å². The molecule has 0 aliphatic carbocycles. The van der Waals surface area contributed by atoms with Gasteiger partial charge >= 0.3 is 6.36 Å². The molecule has 0 radical (unpaired) electrons. The van der Waals surface area contributed by atoms with E-state index in [1.54, 1.807) is 0 Å². The van der Waals surface area contributed by atoms with E-state index in [1.807, 2.05) is 43.3 Å². The van der Waals surface area contributed by atoms with Crippen LogP contribution >= 0.6 is 0 Å². The van der Waals surface area contributed by atoms with Gasteiger partial charge in [-0.25, -0.2) is 4.98 Å². The van der Waals surface area contributed by atoms with Crippen molar-refractivity contribution < 1.29 is 17.9 Å². The minimum atomic E-state index is -4.70. The first-order valence-corrected chi connectivity index (χ1v) is 6.55. The number of nitrogens with one attached hydrogen (secondary N) is 1. The summed E-state index contributed by atoms with van der Waals surface area (Å²) in [5.74, 6) is 0.139. The van der Waals surface area contributed by atoms with Crippen LogP contribution in [0.3, 0.4) is 0 Å². The van der Waals surface area contributed by atoms with Crippen molar-refractivity contribution in [2.45, 2.75) is 12.9 Å². The number of rotatable bonds is 5. The fraction of sp³-hybridized carbons (Fsp3) is 0.267. The molecule has 0 fully saturated rings. The van der Waals surface area contributed by atoms with Crippen LogP contribution < -0.4 is 15.0 Å². The number of alkyl halides is 3. The molecule has 2 aromatic rings. The third kappa shape index (κ3) is 4.83. The van der Waals surface area contributed by atoms with E-state index < -0.39 is 6.36 Å². The Balaban J connectivity index is 1.91. The van der Waals surface area contributed by atoms with Crippen LogP contribution in [0.2, 0.25) is 0 Å². The molecule has 1 N–H and O–H groups in total. The standard InChI is InChI=1S/C15H16F3N3O/c1-21(2)12-5-3-11(4-6-12)9-19-14-8-7-13(10-20-14)22-15(16,17)18/h3-8,10H,9H2,1-2H3,(H,19,20). The van der Waals surface area contributed by atoms with Crippen LogP contribution in [0.15, 0.2) is 42.6 Å². The monoisotopic (exact) mass is 311 g/mol. The lowest BCUT2D eigenvalue weighted by Gasteiger charge is -2.13. The lowest BCUT2D eigenvalue weighted by molar-refractivity contribution is -0.274. The van der Waals surface area contributed by atoms with Gasteiger partial charge in [0.2, 0.25) is 0 Å². The third-order valence-electron chi connectivity index (χ3n) is 2.90. The maximum absolute atomic E-state index is 12.0. The van der Waals surface area contributed by atoms with E-state index in [0.717, 1.165) is 17.4 Å². The van der Waals surface area contributed by atoms with E-state index in [1.165, 1.54) is 12.1 Å². The van der Waals surface area contributed by atoms with Crippen LogP contribution in [0.1, 0.15) is 5.56 Å². The summed E-state index contributed by atoms with van der Waals surface area (Å²) in [7, 11) is 3.92. The smallest absolute Gasteiger partial charge is 0.404 e. The third-order valence-corrected chi connectivity index (χ3v) is 2.90. The quantitative estimate of drug-likeness (QED) is 0.914. The molecule has 1 heterocycles. The van der Waals surface area contributed by atoms with E-state index in [4.69, 9.17) is 0 Å². The summed E-state index contributed by atoms with van der Waals surface area (Å²) in [6.07, 6.45) is -3.67. The molecule has 2 rings (SSSR count). The molecule has 7 heteroatoms. The van der Waals surface area contributed by atoms with Gasteiger partial charge in [-0.2, -0.15) is 0 Å². The average Bonchev–Trinajstić information content (AvgIpc) is 2.45. The predicted molar refractivity (Wildman–Crippen MR) is 79.0 cm³/mol. The van der Waals surface area contributed by atoms with Gasteiger partial charge in [0.1, 0.15) is 11.6 Å². The molecule has 0 unspecified atom stereocenters. The molecule has 0 amide bonds. The van der Waals surface area contributed by atoms with E-state index in [-0.39, 0.29) is 5.75 Å². The average molecular weight is 311 g/mol. The van der Waals surface area contributed by atoms with Crippen LogP contribution in [0, 0.1) is 0 Å². The highest BCUT2D eigenvalue weighted by molar-refractivity contribution is 5.47. The second kappa shape index (κ2) is 6.55. The van der Waals surface area contributed by atoms with Crippen molar-refractivity contribution in [2.24, 2.45) is 0 Å². The summed E-state index contributed by atoms with van der Waals surface area (Å²) in [6.45, 7) is 0.528. The van der Waals surface area contributed by atoms with Gasteiger partial charge < -0.3 is 15.0 Å². The summed E-state index contributed by atoms with van der Waals surface area (Å²) in [5.41, 5.74) is 2.14. The van der Waals surface area contributed by atoms with Crippen LogP contribution in [0.5, 0.6) is 5.75 Å². The Morgan fingerprint density at radius 3 is 2.27 bits per heavy atom. The molecule has 0 saturated heterocycles. The molecule has 1 aromatic carbocycles. The second-order valence-electron chi connectivity index (χ2n) is 4.84. The Bertz CT molecular complexity index is 595. The molecule has 4 nitrogen and oxygen atoms in total. The zero-order valence-corrected chi connectivity index (χ0v) is 12.2. The molecule has 22 heavy (non-hydrogen) atoms. The van der Waals surface area contributed by atoms with Crippen molar-refractivity contribution in [1.82, 2.24) is 4.98 Å². The van der Waals surface area contributed by atoms with Crippen molar-refractivity contribution in [1.29, 1.82) is 0 Å². The number of aromatic nitrogens is 1. The summed E-state index contributed by atoms with van der Waals surface area (Å²) in [5, 5.41) is 3.04. The fourth-order valence-electron chi connectivity index (χ4n) is 1.78. The van der Waals surface area contributed by atoms with Crippen molar-refractivity contribution in [3.8, 4) is 5.75 Å². The van der Waals surface area contributed by atoms with E-state index in [9.17, 15) is 13.2 Å². The summed E-state index contributed by atoms with van der Waals surface area (Å²) < 4.78 is 39.9. The van der Waals surface area contributed by atoms with Gasteiger partial charge in [0, 0.05) is 26.3 Å². The van der Waals surface area contributed by atoms with Crippen LogP contribution in [-0.4, -0.2) is 25.4 Å². The van der Waals surface area contributed by atoms with E-state index >= 15 is 0 Å². The van der Waals surface area contributed by atoms with Crippen LogP contribution in [-0.2, 0) is 6.54 Å². The first kappa shape index (κ1) is 15.9. The zero-order chi connectivity index (χ0) is 16.2. The molecule has 0 saturated carbocycles. The van der Waals surface area contributed by atoms with Gasteiger partial charge in [-0.05, 0) is 29.8 Å². The Kier molecular flexibility index (Phi) is 4.75. The van der Waals surface area contributed by atoms with E-state index in [2.05, 4.69) is 15.0 Å². The number of hydrogen-bond donors (Lipinski definition) is 1. The summed E-state index contributed by atoms with van der Waals surface area (Å²) in [6, 6.07) is 10.6. The van der Waals surface area contributed by atoms with Gasteiger partial charge in [-0.3, -0.25) is 0 Å². The number of ether oxygens (including phenoxy) is 1. The van der Waals surface area contributed by atoms with Gasteiger partial charge in [0.25, 0.3) is 0 Å². The van der Waals surface area contributed by atoms with Gasteiger partial charge in [0.15, 0.2) is 0 Å². The fourth-order valence-corrected chi connectivity index (χ4v) is 1.78. The molecule has 0 atom stereocenters. The summed E-state index contributed by atoms with van der Waals surface area (Å²) in [4.78, 5) is 5.88. The minimum absolute atomic E-state index is 0.339. The highest BCUT2D eigenvalue weighted by Gasteiger charge is 2.31.